The van der Waals surface area contributed by atoms with Crippen molar-refractivity contribution in [3.63, 3.8) is 0 Å². The summed E-state index contributed by atoms with van der Waals surface area (Å²) in [5, 5.41) is 2.84. The summed E-state index contributed by atoms with van der Waals surface area (Å²) in [4.78, 5) is 26.4. The number of carbonyl (C=O) groups excluding carboxylic acids is 2. The van der Waals surface area contributed by atoms with E-state index in [-0.39, 0.29) is 11.8 Å². The third-order valence-electron chi connectivity index (χ3n) is 4.15. The van der Waals surface area contributed by atoms with E-state index in [1.165, 1.54) is 6.42 Å². The lowest BCUT2D eigenvalue weighted by molar-refractivity contribution is -0.131. The topological polar surface area (TPSA) is 62.6 Å². The van der Waals surface area contributed by atoms with Gasteiger partial charge in [-0.25, -0.2) is 0 Å². The van der Waals surface area contributed by atoms with Crippen LogP contribution in [0.3, 0.4) is 0 Å². The fraction of sp³-hybridized carbons (Fsp3) is 0.571. The van der Waals surface area contributed by atoms with Gasteiger partial charge in [0.05, 0.1) is 5.56 Å². The zero-order chi connectivity index (χ0) is 14.3. The highest BCUT2D eigenvalue weighted by Gasteiger charge is 2.41. The van der Waals surface area contributed by atoms with Crippen LogP contribution < -0.4 is 5.32 Å². The van der Waals surface area contributed by atoms with Crippen LogP contribution in [0.15, 0.2) is 15.2 Å². The first kappa shape index (κ1) is 13.7. The van der Waals surface area contributed by atoms with Gasteiger partial charge in [-0.3, -0.25) is 9.59 Å². The molecule has 0 saturated carbocycles. The highest BCUT2D eigenvalue weighted by atomic mass is 79.9. The summed E-state index contributed by atoms with van der Waals surface area (Å²) >= 11 is 3.20. The van der Waals surface area contributed by atoms with E-state index in [2.05, 4.69) is 21.2 Å². The first-order valence-electron chi connectivity index (χ1n) is 6.93. The molecular weight excluding hydrogens is 324 g/mol. The van der Waals surface area contributed by atoms with Crippen LogP contribution in [-0.2, 0) is 4.79 Å². The minimum Gasteiger partial charge on any atom is -0.454 e. The van der Waals surface area contributed by atoms with E-state index < -0.39 is 6.04 Å². The van der Waals surface area contributed by atoms with Gasteiger partial charge in [-0.2, -0.15) is 0 Å². The second kappa shape index (κ2) is 5.24. The normalized spacial score (nSPS) is 25.7. The van der Waals surface area contributed by atoms with Gasteiger partial charge in [0.25, 0.3) is 5.91 Å². The Morgan fingerprint density at radius 1 is 1.50 bits per heavy atom. The van der Waals surface area contributed by atoms with Crippen molar-refractivity contribution in [1.29, 1.82) is 0 Å². The van der Waals surface area contributed by atoms with Crippen LogP contribution in [0.5, 0.6) is 0 Å². The van der Waals surface area contributed by atoms with E-state index >= 15 is 0 Å². The lowest BCUT2D eigenvalue weighted by Gasteiger charge is -2.28. The van der Waals surface area contributed by atoms with Crippen molar-refractivity contribution < 1.29 is 14.0 Å². The molecule has 5 nitrogen and oxygen atoms in total. The van der Waals surface area contributed by atoms with Crippen LogP contribution in [0.25, 0.3) is 0 Å². The third kappa shape index (κ3) is 2.37. The number of amides is 2. The fourth-order valence-corrected chi connectivity index (χ4v) is 3.61. The Bertz CT molecular complexity index is 555. The first-order chi connectivity index (χ1) is 9.56. The number of piperidine rings is 1. The maximum Gasteiger partial charge on any atom is 0.255 e. The van der Waals surface area contributed by atoms with Gasteiger partial charge < -0.3 is 14.6 Å². The van der Waals surface area contributed by atoms with Crippen molar-refractivity contribution >= 4 is 27.7 Å². The van der Waals surface area contributed by atoms with Crippen LogP contribution in [0.1, 0.15) is 41.8 Å². The molecule has 0 aliphatic carbocycles. The Hall–Kier alpha value is -1.30. The van der Waals surface area contributed by atoms with E-state index in [1.807, 2.05) is 4.90 Å². The number of carbonyl (C=O) groups is 2. The van der Waals surface area contributed by atoms with Gasteiger partial charge in [0.15, 0.2) is 4.67 Å². The minimum atomic E-state index is -0.390. The predicted molar refractivity (Wildman–Crippen MR) is 76.4 cm³/mol. The zero-order valence-electron chi connectivity index (χ0n) is 11.3. The van der Waals surface area contributed by atoms with Crippen LogP contribution in [-0.4, -0.2) is 35.3 Å². The van der Waals surface area contributed by atoms with E-state index in [9.17, 15) is 9.59 Å². The Balaban J connectivity index is 1.70. The number of hydrogen-bond acceptors (Lipinski definition) is 3. The molecule has 1 aromatic rings. The highest BCUT2D eigenvalue weighted by Crippen LogP contribution is 2.28. The number of rotatable bonds is 2. The molecule has 0 aromatic carbocycles. The number of nitrogens with one attached hydrogen (secondary N) is 1. The zero-order valence-corrected chi connectivity index (χ0v) is 12.9. The summed E-state index contributed by atoms with van der Waals surface area (Å²) in [7, 11) is 0. The molecule has 2 saturated heterocycles. The number of fused-ring (bicyclic) bond motifs is 1. The van der Waals surface area contributed by atoms with Crippen molar-refractivity contribution in [2.45, 2.75) is 44.7 Å². The monoisotopic (exact) mass is 340 g/mol. The molecule has 2 amide bonds. The van der Waals surface area contributed by atoms with Gasteiger partial charge in [0.1, 0.15) is 11.8 Å². The number of halogens is 1. The Labute approximate surface area is 125 Å². The summed E-state index contributed by atoms with van der Waals surface area (Å²) in [6.07, 6.45) is 4.01. The van der Waals surface area contributed by atoms with Crippen molar-refractivity contribution in [3.8, 4) is 0 Å². The van der Waals surface area contributed by atoms with Crippen molar-refractivity contribution in [2.75, 3.05) is 6.54 Å². The van der Waals surface area contributed by atoms with Gasteiger partial charge in [-0.1, -0.05) is 0 Å². The molecule has 3 rings (SSSR count). The lowest BCUT2D eigenvalue weighted by Crippen LogP contribution is -2.43. The molecule has 1 aromatic heterocycles. The van der Waals surface area contributed by atoms with Gasteiger partial charge in [0, 0.05) is 18.7 Å². The molecule has 2 unspecified atom stereocenters. The van der Waals surface area contributed by atoms with Crippen molar-refractivity contribution in [1.82, 2.24) is 10.2 Å². The Kier molecular flexibility index (Phi) is 3.58. The molecular formula is C14H17BrN2O3. The molecule has 20 heavy (non-hydrogen) atoms. The Morgan fingerprint density at radius 2 is 2.30 bits per heavy atom. The largest absolute Gasteiger partial charge is 0.454 e. The summed E-state index contributed by atoms with van der Waals surface area (Å²) in [5.41, 5.74) is 0.481. The fourth-order valence-electron chi connectivity index (χ4n) is 3.14. The third-order valence-corrected chi connectivity index (χ3v) is 4.54. The van der Waals surface area contributed by atoms with Crippen LogP contribution in [0, 0.1) is 6.92 Å². The van der Waals surface area contributed by atoms with Crippen LogP contribution >= 0.6 is 15.9 Å². The molecule has 6 heteroatoms. The molecule has 2 aliphatic rings. The predicted octanol–water partition coefficient (Wildman–Crippen LogP) is 2.23. The maximum atomic E-state index is 12.3. The van der Waals surface area contributed by atoms with Crippen molar-refractivity contribution in [3.05, 3.63) is 22.1 Å². The maximum absolute atomic E-state index is 12.3. The quantitative estimate of drug-likeness (QED) is 0.897. The van der Waals surface area contributed by atoms with Crippen LogP contribution in [0.4, 0.5) is 0 Å². The Morgan fingerprint density at radius 3 is 2.95 bits per heavy atom. The highest BCUT2D eigenvalue weighted by molar-refractivity contribution is 9.10. The first-order valence-corrected chi connectivity index (χ1v) is 7.73. The summed E-state index contributed by atoms with van der Waals surface area (Å²) < 4.78 is 5.81. The van der Waals surface area contributed by atoms with Crippen LogP contribution in [0.2, 0.25) is 0 Å². The van der Waals surface area contributed by atoms with Crippen molar-refractivity contribution in [2.24, 2.45) is 0 Å². The van der Waals surface area contributed by atoms with E-state index in [4.69, 9.17) is 4.42 Å². The smallest absolute Gasteiger partial charge is 0.255 e. The number of aryl methyl sites for hydroxylation is 1. The number of hydrogen-bond donors (Lipinski definition) is 1. The number of nitrogens with zero attached hydrogens (tertiary/aromatic N) is 1. The molecule has 2 fully saturated rings. The number of furan rings is 1. The molecule has 0 bridgehead atoms. The average Bonchev–Trinajstić information content (AvgIpc) is 2.91. The molecule has 0 radical (unpaired) electrons. The van der Waals surface area contributed by atoms with E-state index in [0.29, 0.717) is 22.0 Å². The summed E-state index contributed by atoms with van der Waals surface area (Å²) in [6.45, 7) is 2.56. The lowest BCUT2D eigenvalue weighted by atomic mass is 10.0. The molecule has 2 atom stereocenters. The second-order valence-corrected chi connectivity index (χ2v) is 6.24. The van der Waals surface area contributed by atoms with Gasteiger partial charge in [0.2, 0.25) is 5.91 Å². The van der Waals surface area contributed by atoms with E-state index in [0.717, 1.165) is 25.8 Å². The van der Waals surface area contributed by atoms with Gasteiger partial charge in [-0.05, 0) is 48.5 Å². The van der Waals surface area contributed by atoms with Gasteiger partial charge >= 0.3 is 0 Å². The molecule has 2 aliphatic heterocycles. The van der Waals surface area contributed by atoms with Gasteiger partial charge in [-0.15, -0.1) is 0 Å². The van der Waals surface area contributed by atoms with E-state index in [1.54, 1.807) is 13.0 Å². The average molecular weight is 341 g/mol. The summed E-state index contributed by atoms with van der Waals surface area (Å²) in [5.74, 6) is 0.371. The standard InChI is InChI=1S/C14H17BrN2O3/c1-8-10(7-12(15)20-8)13(18)16-11-6-9-4-2-3-5-17(9)14(11)19/h7,9,11H,2-6H2,1H3,(H,16,18). The molecule has 1 N–H and O–H groups in total. The minimum absolute atomic E-state index is 0.0586. The molecule has 0 spiro atoms. The molecule has 3 heterocycles. The molecule has 108 valence electrons. The second-order valence-electron chi connectivity index (χ2n) is 5.46. The SMILES string of the molecule is Cc1oc(Br)cc1C(=O)NC1CC2CCCCN2C1=O. The summed E-state index contributed by atoms with van der Waals surface area (Å²) in [6, 6.07) is 1.55.